The van der Waals surface area contributed by atoms with E-state index < -0.39 is 5.56 Å². The SMILES string of the molecule is CCCCNC(CC)CN(CC(CC)NCCCC)C(=O)c1ccccc1N=Nc1c(C)c(C#N)c(O)n(CC(CC)CCCC)c1=O. The van der Waals surface area contributed by atoms with E-state index in [0.29, 0.717) is 30.9 Å². The Morgan fingerprint density at radius 2 is 1.50 bits per heavy atom. The minimum atomic E-state index is -0.499. The van der Waals surface area contributed by atoms with E-state index in [1.54, 1.807) is 25.1 Å². The lowest BCUT2D eigenvalue weighted by Crippen LogP contribution is -2.49. The number of benzene rings is 1. The number of azo groups is 1. The van der Waals surface area contributed by atoms with Crippen LogP contribution in [0.25, 0.3) is 0 Å². The maximum atomic E-state index is 14.3. The Bertz CT molecular complexity index is 1380. The number of aromatic nitrogens is 1. The highest BCUT2D eigenvalue weighted by Gasteiger charge is 2.25. The molecule has 2 rings (SSSR count). The number of carbonyl (C=O) groups excluding carboxylic acids is 1. The summed E-state index contributed by atoms with van der Waals surface area (Å²) in [5.41, 5.74) is 0.507. The lowest BCUT2D eigenvalue weighted by atomic mass is 9.99. The third-order valence-electron chi connectivity index (χ3n) is 9.23. The Kier molecular flexibility index (Phi) is 18.7. The van der Waals surface area contributed by atoms with Crippen molar-refractivity contribution < 1.29 is 9.90 Å². The van der Waals surface area contributed by atoms with Crippen molar-refractivity contribution in [3.63, 3.8) is 0 Å². The monoisotopic (exact) mass is 663 g/mol. The van der Waals surface area contributed by atoms with Gasteiger partial charge in [0.05, 0.1) is 11.3 Å². The molecule has 266 valence electrons. The lowest BCUT2D eigenvalue weighted by molar-refractivity contribution is 0.0718. The molecular formula is C38H61N7O3. The van der Waals surface area contributed by atoms with Crippen molar-refractivity contribution in [3.8, 4) is 11.9 Å². The van der Waals surface area contributed by atoms with Gasteiger partial charge in [0.15, 0.2) is 5.69 Å². The van der Waals surface area contributed by atoms with Gasteiger partial charge in [-0.05, 0) is 70.2 Å². The van der Waals surface area contributed by atoms with Gasteiger partial charge in [0, 0.05) is 37.3 Å². The van der Waals surface area contributed by atoms with Gasteiger partial charge in [0.25, 0.3) is 11.5 Å². The van der Waals surface area contributed by atoms with E-state index in [4.69, 9.17) is 0 Å². The fourth-order valence-electron chi connectivity index (χ4n) is 5.83. The average Bonchev–Trinajstić information content (AvgIpc) is 3.10. The summed E-state index contributed by atoms with van der Waals surface area (Å²) in [5.74, 6) is -0.310. The molecule has 1 heterocycles. The number of unbranched alkanes of at least 4 members (excludes halogenated alkanes) is 3. The molecule has 0 saturated carbocycles. The number of aromatic hydroxyl groups is 1. The largest absolute Gasteiger partial charge is 0.493 e. The topological polar surface area (TPSA) is 135 Å². The molecule has 0 aliphatic carbocycles. The first kappa shape index (κ1) is 40.6. The van der Waals surface area contributed by atoms with Crippen LogP contribution >= 0.6 is 0 Å². The second kappa shape index (κ2) is 22.2. The van der Waals surface area contributed by atoms with E-state index in [-0.39, 0.29) is 46.6 Å². The van der Waals surface area contributed by atoms with Crippen LogP contribution in [0.1, 0.15) is 127 Å². The van der Waals surface area contributed by atoms with Crippen LogP contribution in [0.15, 0.2) is 39.3 Å². The zero-order valence-electron chi connectivity index (χ0n) is 30.6. The molecule has 10 nitrogen and oxygen atoms in total. The molecule has 3 unspecified atom stereocenters. The molecule has 48 heavy (non-hydrogen) atoms. The Morgan fingerprint density at radius 3 is 2.02 bits per heavy atom. The number of hydrogen-bond donors (Lipinski definition) is 3. The number of nitriles is 1. The Hall–Kier alpha value is -3.55. The number of nitrogens with zero attached hydrogens (tertiary/aromatic N) is 5. The molecule has 1 aromatic carbocycles. The molecule has 1 aromatic heterocycles. The summed E-state index contributed by atoms with van der Waals surface area (Å²) in [6, 6.07) is 9.42. The summed E-state index contributed by atoms with van der Waals surface area (Å²) in [6.45, 7) is 17.6. The average molecular weight is 664 g/mol. The summed E-state index contributed by atoms with van der Waals surface area (Å²) in [6.07, 6.45) is 9.93. The molecule has 0 radical (unpaired) electrons. The molecule has 0 spiro atoms. The predicted octanol–water partition coefficient (Wildman–Crippen LogP) is 8.14. The van der Waals surface area contributed by atoms with Crippen molar-refractivity contribution in [3.05, 3.63) is 51.3 Å². The van der Waals surface area contributed by atoms with E-state index in [1.165, 1.54) is 4.57 Å². The maximum Gasteiger partial charge on any atom is 0.281 e. The number of carbonyl (C=O) groups is 1. The van der Waals surface area contributed by atoms with Crippen LogP contribution < -0.4 is 16.2 Å². The highest BCUT2D eigenvalue weighted by molar-refractivity contribution is 5.99. The van der Waals surface area contributed by atoms with E-state index >= 15 is 0 Å². The molecule has 0 fully saturated rings. The van der Waals surface area contributed by atoms with Crippen molar-refractivity contribution in [1.82, 2.24) is 20.1 Å². The van der Waals surface area contributed by atoms with Crippen LogP contribution in [0.2, 0.25) is 0 Å². The van der Waals surface area contributed by atoms with Crippen LogP contribution in [0.5, 0.6) is 5.88 Å². The Labute approximate surface area is 289 Å². The lowest BCUT2D eigenvalue weighted by Gasteiger charge is -2.32. The third kappa shape index (κ3) is 11.9. The third-order valence-corrected chi connectivity index (χ3v) is 9.23. The van der Waals surface area contributed by atoms with Crippen LogP contribution in [-0.2, 0) is 6.54 Å². The standard InChI is InChI=1S/C38H61N7O3/c1-8-14-19-29(11-4)25-45-37(47)33(24-39)28(7)35(38(45)48)43-42-34-21-18-17-20-32(34)36(46)44(26-30(12-5)40-22-15-9-2)27-31(13-6)41-23-16-10-3/h17-18,20-21,29-31,40-41,47H,8-16,19,22-23,25-27H2,1-7H3. The molecule has 0 bridgehead atoms. The predicted molar refractivity (Wildman–Crippen MR) is 196 cm³/mol. The van der Waals surface area contributed by atoms with Gasteiger partial charge in [-0.1, -0.05) is 85.8 Å². The number of nitrogens with one attached hydrogen (secondary N) is 2. The molecule has 3 N–H and O–H groups in total. The molecule has 0 aliphatic rings. The zero-order chi connectivity index (χ0) is 35.5. The second-order valence-corrected chi connectivity index (χ2v) is 12.9. The normalized spacial score (nSPS) is 13.4. The van der Waals surface area contributed by atoms with E-state index in [9.17, 15) is 20.0 Å². The highest BCUT2D eigenvalue weighted by atomic mass is 16.3. The number of pyridine rings is 1. The van der Waals surface area contributed by atoms with Gasteiger partial charge in [-0.2, -0.15) is 5.26 Å². The molecule has 0 aliphatic heterocycles. The van der Waals surface area contributed by atoms with Gasteiger partial charge >= 0.3 is 0 Å². The van der Waals surface area contributed by atoms with Crippen LogP contribution in [0.4, 0.5) is 11.4 Å². The van der Waals surface area contributed by atoms with Gasteiger partial charge in [0.2, 0.25) is 5.88 Å². The van der Waals surface area contributed by atoms with Crippen LogP contribution in [0.3, 0.4) is 0 Å². The summed E-state index contributed by atoms with van der Waals surface area (Å²) in [7, 11) is 0. The zero-order valence-corrected chi connectivity index (χ0v) is 30.6. The summed E-state index contributed by atoms with van der Waals surface area (Å²) < 4.78 is 1.26. The second-order valence-electron chi connectivity index (χ2n) is 12.9. The van der Waals surface area contributed by atoms with E-state index in [2.05, 4.69) is 62.4 Å². The Morgan fingerprint density at radius 1 is 0.917 bits per heavy atom. The van der Waals surface area contributed by atoms with Gasteiger partial charge in [-0.3, -0.25) is 14.2 Å². The van der Waals surface area contributed by atoms with Crippen molar-refractivity contribution in [1.29, 1.82) is 5.26 Å². The molecular weight excluding hydrogens is 602 g/mol. The van der Waals surface area contributed by atoms with Crippen LogP contribution in [0, 0.1) is 24.2 Å². The number of hydrogen-bond acceptors (Lipinski definition) is 8. The maximum absolute atomic E-state index is 14.3. The van der Waals surface area contributed by atoms with Crippen LogP contribution in [-0.4, -0.2) is 58.7 Å². The number of amides is 1. The summed E-state index contributed by atoms with van der Waals surface area (Å²) in [5, 5.41) is 36.9. The Balaban J connectivity index is 2.54. The highest BCUT2D eigenvalue weighted by Crippen LogP contribution is 2.30. The van der Waals surface area contributed by atoms with Gasteiger partial charge in [-0.25, -0.2) is 0 Å². The summed E-state index contributed by atoms with van der Waals surface area (Å²) >= 11 is 0. The minimum Gasteiger partial charge on any atom is -0.493 e. The molecule has 3 atom stereocenters. The molecule has 0 saturated heterocycles. The van der Waals surface area contributed by atoms with E-state index in [1.807, 2.05) is 17.0 Å². The van der Waals surface area contributed by atoms with Crippen molar-refractivity contribution in [2.75, 3.05) is 26.2 Å². The first-order valence-corrected chi connectivity index (χ1v) is 18.3. The number of rotatable bonds is 23. The molecule has 2 aromatic rings. The van der Waals surface area contributed by atoms with Crippen molar-refractivity contribution in [2.24, 2.45) is 16.1 Å². The fourth-order valence-corrected chi connectivity index (χ4v) is 5.83. The molecule has 10 heteroatoms. The van der Waals surface area contributed by atoms with Crippen molar-refractivity contribution in [2.45, 2.75) is 131 Å². The first-order chi connectivity index (χ1) is 23.2. The molecule has 1 amide bonds. The van der Waals surface area contributed by atoms with Crippen molar-refractivity contribution >= 4 is 17.3 Å². The smallest absolute Gasteiger partial charge is 0.281 e. The first-order valence-electron chi connectivity index (χ1n) is 18.3. The van der Waals surface area contributed by atoms with Gasteiger partial charge in [0.1, 0.15) is 11.6 Å². The quantitative estimate of drug-likeness (QED) is 0.0811. The summed E-state index contributed by atoms with van der Waals surface area (Å²) in [4.78, 5) is 30.0. The van der Waals surface area contributed by atoms with Gasteiger partial charge < -0.3 is 20.6 Å². The fraction of sp³-hybridized carbons (Fsp3) is 0.658. The minimum absolute atomic E-state index is 0.00629. The van der Waals surface area contributed by atoms with Gasteiger partial charge in [-0.15, -0.1) is 10.2 Å². The van der Waals surface area contributed by atoms with E-state index in [0.717, 1.165) is 77.3 Å².